The van der Waals surface area contributed by atoms with E-state index in [0.29, 0.717) is 11.4 Å². The van der Waals surface area contributed by atoms with E-state index in [1.807, 2.05) is 43.3 Å². The van der Waals surface area contributed by atoms with Gasteiger partial charge in [-0.15, -0.1) is 11.3 Å². The summed E-state index contributed by atoms with van der Waals surface area (Å²) in [6.45, 7) is 2.09. The number of aryl methyl sites for hydroxylation is 1. The SMILES string of the molecule is Cc1ccc(C(=O)CCC(=O)OCC(=O)NCCc2ccccc2)s1. The zero-order valence-electron chi connectivity index (χ0n) is 14.1. The Morgan fingerprint density at radius 2 is 1.80 bits per heavy atom. The summed E-state index contributed by atoms with van der Waals surface area (Å²) in [5.74, 6) is -0.966. The average molecular weight is 359 g/mol. The minimum absolute atomic E-state index is 0.0208. The average Bonchev–Trinajstić information content (AvgIpc) is 3.05. The Bertz CT molecular complexity index is 724. The normalized spacial score (nSPS) is 10.3. The Morgan fingerprint density at radius 3 is 2.48 bits per heavy atom. The number of ether oxygens (including phenoxy) is 1. The van der Waals surface area contributed by atoms with Crippen molar-refractivity contribution in [3.8, 4) is 0 Å². The molecular formula is C19H21NO4S. The number of carbonyl (C=O) groups excluding carboxylic acids is 3. The highest BCUT2D eigenvalue weighted by atomic mass is 32.1. The molecule has 6 heteroatoms. The number of rotatable bonds is 9. The molecule has 0 atom stereocenters. The number of ketones is 1. The Kier molecular flexibility index (Phi) is 7.35. The molecule has 1 amide bonds. The first-order valence-corrected chi connectivity index (χ1v) is 8.92. The molecule has 0 aliphatic carbocycles. The van der Waals surface area contributed by atoms with Crippen LogP contribution in [0.25, 0.3) is 0 Å². The summed E-state index contributed by atoms with van der Waals surface area (Å²) < 4.78 is 4.90. The predicted molar refractivity (Wildman–Crippen MR) is 96.7 cm³/mol. The van der Waals surface area contributed by atoms with E-state index in [9.17, 15) is 14.4 Å². The Balaban J connectivity index is 1.59. The van der Waals surface area contributed by atoms with Gasteiger partial charge in [-0.05, 0) is 31.0 Å². The molecule has 2 rings (SSSR count). The largest absolute Gasteiger partial charge is 0.456 e. The molecule has 0 spiro atoms. The fourth-order valence-electron chi connectivity index (χ4n) is 2.18. The van der Waals surface area contributed by atoms with Crippen LogP contribution in [0.2, 0.25) is 0 Å². The lowest BCUT2D eigenvalue weighted by Gasteiger charge is -2.06. The molecule has 1 aromatic heterocycles. The molecule has 25 heavy (non-hydrogen) atoms. The van der Waals surface area contributed by atoms with Gasteiger partial charge in [-0.1, -0.05) is 30.3 Å². The van der Waals surface area contributed by atoms with Gasteiger partial charge in [0.25, 0.3) is 5.91 Å². The fourth-order valence-corrected chi connectivity index (χ4v) is 3.02. The summed E-state index contributed by atoms with van der Waals surface area (Å²) in [6, 6.07) is 13.4. The zero-order valence-corrected chi connectivity index (χ0v) is 14.9. The van der Waals surface area contributed by atoms with E-state index in [0.717, 1.165) is 16.9 Å². The highest BCUT2D eigenvalue weighted by Crippen LogP contribution is 2.17. The third kappa shape index (κ3) is 6.89. The highest BCUT2D eigenvalue weighted by Gasteiger charge is 2.13. The van der Waals surface area contributed by atoms with Crippen LogP contribution in [-0.4, -0.2) is 30.8 Å². The molecule has 5 nitrogen and oxygen atoms in total. The minimum Gasteiger partial charge on any atom is -0.456 e. The molecule has 0 aliphatic heterocycles. The van der Waals surface area contributed by atoms with Crippen molar-refractivity contribution in [3.63, 3.8) is 0 Å². The molecule has 132 valence electrons. The summed E-state index contributed by atoms with van der Waals surface area (Å²) >= 11 is 1.41. The van der Waals surface area contributed by atoms with Gasteiger partial charge in [0, 0.05) is 17.8 Å². The number of thiophene rings is 1. The molecule has 1 N–H and O–H groups in total. The third-order valence-electron chi connectivity index (χ3n) is 3.51. The summed E-state index contributed by atoms with van der Waals surface area (Å²) in [5.41, 5.74) is 1.13. The first-order valence-electron chi connectivity index (χ1n) is 8.10. The second-order valence-electron chi connectivity index (χ2n) is 5.58. The molecule has 1 heterocycles. The second kappa shape index (κ2) is 9.74. The van der Waals surface area contributed by atoms with E-state index in [1.54, 1.807) is 6.07 Å². The van der Waals surface area contributed by atoms with Crippen molar-refractivity contribution in [2.45, 2.75) is 26.2 Å². The van der Waals surface area contributed by atoms with Gasteiger partial charge in [0.15, 0.2) is 12.4 Å². The van der Waals surface area contributed by atoms with Crippen LogP contribution >= 0.6 is 11.3 Å². The Hall–Kier alpha value is -2.47. The van der Waals surface area contributed by atoms with E-state index in [1.165, 1.54) is 11.3 Å². The monoisotopic (exact) mass is 359 g/mol. The summed E-state index contributed by atoms with van der Waals surface area (Å²) in [5, 5.41) is 2.70. The molecule has 0 saturated carbocycles. The fraction of sp³-hybridized carbons (Fsp3) is 0.316. The van der Waals surface area contributed by atoms with Crippen molar-refractivity contribution in [1.82, 2.24) is 5.32 Å². The number of benzene rings is 1. The first kappa shape index (κ1) is 18.9. The van der Waals surface area contributed by atoms with E-state index < -0.39 is 5.97 Å². The van der Waals surface area contributed by atoms with Crippen LogP contribution in [0.4, 0.5) is 0 Å². The van der Waals surface area contributed by atoms with Gasteiger partial charge in [-0.25, -0.2) is 0 Å². The lowest BCUT2D eigenvalue weighted by Crippen LogP contribution is -2.30. The lowest BCUT2D eigenvalue weighted by atomic mass is 10.1. The molecule has 2 aromatic rings. The number of esters is 1. The van der Waals surface area contributed by atoms with E-state index in [4.69, 9.17) is 4.74 Å². The van der Waals surface area contributed by atoms with Crippen molar-refractivity contribution in [1.29, 1.82) is 0 Å². The van der Waals surface area contributed by atoms with Crippen molar-refractivity contribution in [2.24, 2.45) is 0 Å². The number of carbonyl (C=O) groups is 3. The summed E-state index contributed by atoms with van der Waals surface area (Å²) in [6.07, 6.45) is 0.788. The van der Waals surface area contributed by atoms with E-state index >= 15 is 0 Å². The van der Waals surface area contributed by atoms with Crippen LogP contribution in [0.5, 0.6) is 0 Å². The number of amides is 1. The van der Waals surface area contributed by atoms with Crippen LogP contribution in [0, 0.1) is 6.92 Å². The Morgan fingerprint density at radius 1 is 1.04 bits per heavy atom. The van der Waals surface area contributed by atoms with Crippen LogP contribution < -0.4 is 5.32 Å². The lowest BCUT2D eigenvalue weighted by molar-refractivity contribution is -0.148. The molecule has 0 bridgehead atoms. The zero-order chi connectivity index (χ0) is 18.1. The van der Waals surface area contributed by atoms with Gasteiger partial charge >= 0.3 is 5.97 Å². The molecule has 0 saturated heterocycles. The van der Waals surface area contributed by atoms with E-state index in [2.05, 4.69) is 5.32 Å². The summed E-state index contributed by atoms with van der Waals surface area (Å²) in [4.78, 5) is 36.9. The highest BCUT2D eigenvalue weighted by molar-refractivity contribution is 7.14. The molecule has 0 radical (unpaired) electrons. The summed E-state index contributed by atoms with van der Waals surface area (Å²) in [7, 11) is 0. The van der Waals surface area contributed by atoms with Crippen LogP contribution in [-0.2, 0) is 20.7 Å². The Labute approximate surface area is 151 Å². The third-order valence-corrected chi connectivity index (χ3v) is 4.56. The van der Waals surface area contributed by atoms with Crippen molar-refractivity contribution in [2.75, 3.05) is 13.2 Å². The van der Waals surface area contributed by atoms with Crippen LogP contribution in [0.3, 0.4) is 0 Å². The van der Waals surface area contributed by atoms with Crippen molar-refractivity contribution >= 4 is 29.0 Å². The quantitative estimate of drug-likeness (QED) is 0.552. The maximum absolute atomic E-state index is 11.9. The van der Waals surface area contributed by atoms with Gasteiger partial charge in [0.1, 0.15) is 0 Å². The number of hydrogen-bond donors (Lipinski definition) is 1. The topological polar surface area (TPSA) is 72.5 Å². The van der Waals surface area contributed by atoms with Crippen LogP contribution in [0.15, 0.2) is 42.5 Å². The standard InChI is InChI=1S/C19H21NO4S/c1-14-7-9-17(25-14)16(21)8-10-19(23)24-13-18(22)20-12-11-15-5-3-2-4-6-15/h2-7,9H,8,10-13H2,1H3,(H,20,22). The van der Waals surface area contributed by atoms with Gasteiger partial charge in [-0.3, -0.25) is 14.4 Å². The molecule has 0 unspecified atom stereocenters. The van der Waals surface area contributed by atoms with Gasteiger partial charge in [0.05, 0.1) is 11.3 Å². The molecule has 1 aromatic carbocycles. The first-order chi connectivity index (χ1) is 12.0. The number of nitrogens with one attached hydrogen (secondary N) is 1. The molecule has 0 fully saturated rings. The molecular weight excluding hydrogens is 338 g/mol. The van der Waals surface area contributed by atoms with Gasteiger partial charge in [-0.2, -0.15) is 0 Å². The number of Topliss-reactive ketones (excluding diaryl/α,β-unsaturated/α-hetero) is 1. The predicted octanol–water partition coefficient (Wildman–Crippen LogP) is 2.92. The second-order valence-corrected chi connectivity index (χ2v) is 6.87. The number of hydrogen-bond acceptors (Lipinski definition) is 5. The maximum atomic E-state index is 11.9. The van der Waals surface area contributed by atoms with Crippen LogP contribution in [0.1, 0.15) is 33.0 Å². The van der Waals surface area contributed by atoms with E-state index in [-0.39, 0.29) is 31.1 Å². The van der Waals surface area contributed by atoms with Crippen molar-refractivity contribution in [3.05, 3.63) is 57.8 Å². The maximum Gasteiger partial charge on any atom is 0.306 e. The van der Waals surface area contributed by atoms with Gasteiger partial charge < -0.3 is 10.1 Å². The van der Waals surface area contributed by atoms with Gasteiger partial charge in [0.2, 0.25) is 0 Å². The smallest absolute Gasteiger partial charge is 0.306 e. The van der Waals surface area contributed by atoms with Crippen molar-refractivity contribution < 1.29 is 19.1 Å². The molecule has 0 aliphatic rings. The minimum atomic E-state index is -0.542.